The summed E-state index contributed by atoms with van der Waals surface area (Å²) in [5.41, 5.74) is 1.58. The normalized spacial score (nSPS) is 15.1. The second-order valence-corrected chi connectivity index (χ2v) is 9.27. The van der Waals surface area contributed by atoms with E-state index in [0.29, 0.717) is 23.7 Å². The van der Waals surface area contributed by atoms with Gasteiger partial charge in [0, 0.05) is 12.6 Å². The Bertz CT molecular complexity index is 945. The van der Waals surface area contributed by atoms with Gasteiger partial charge in [-0.25, -0.2) is 0 Å². The molecule has 1 saturated carbocycles. The molecule has 1 N–H and O–H groups in total. The molecule has 1 aliphatic carbocycles. The van der Waals surface area contributed by atoms with E-state index in [1.54, 1.807) is 18.1 Å². The number of carbonyl (C=O) groups is 2. The van der Waals surface area contributed by atoms with Crippen LogP contribution in [-0.4, -0.2) is 42.4 Å². The fraction of sp³-hybridized carbons (Fsp3) is 0.500. The van der Waals surface area contributed by atoms with Gasteiger partial charge in [-0.05, 0) is 42.5 Å². The fourth-order valence-electron chi connectivity index (χ4n) is 4.54. The summed E-state index contributed by atoms with van der Waals surface area (Å²) in [4.78, 5) is 28.5. The third kappa shape index (κ3) is 7.63. The first kappa shape index (κ1) is 26.9. The molecule has 1 atom stereocenters. The third-order valence-electron chi connectivity index (χ3n) is 6.36. The average Bonchev–Trinajstić information content (AvgIpc) is 3.16. The average molecular weight is 501 g/mol. The summed E-state index contributed by atoms with van der Waals surface area (Å²) < 4.78 is 11.4. The lowest BCUT2D eigenvalue weighted by Gasteiger charge is -2.32. The number of alkyl halides is 1. The number of benzene rings is 2. The van der Waals surface area contributed by atoms with Gasteiger partial charge in [-0.2, -0.15) is 0 Å². The second-order valence-electron chi connectivity index (χ2n) is 9.00. The molecule has 3 rings (SSSR count). The third-order valence-corrected chi connectivity index (χ3v) is 6.59. The number of methoxy groups -OCH3 is 1. The standard InChI is InChI=1S/C28H37ClN2O4/c1-3-17-35-24-16-15-22(18-25(24)34-2)27(28(33)30-23-13-9-4-5-10-14-23)31(26(32)19-29)20-21-11-7-6-8-12-21/h6-8,11-12,15-16,18,23,27H,3-5,9-10,13-14,17,19-20H2,1-2H3,(H,30,33). The molecule has 0 heterocycles. The van der Waals surface area contributed by atoms with Crippen LogP contribution >= 0.6 is 11.6 Å². The van der Waals surface area contributed by atoms with E-state index in [1.807, 2.05) is 49.4 Å². The molecular weight excluding hydrogens is 464 g/mol. The van der Waals surface area contributed by atoms with Crippen molar-refractivity contribution in [3.63, 3.8) is 0 Å². The van der Waals surface area contributed by atoms with Gasteiger partial charge in [-0.1, -0.05) is 69.0 Å². The lowest BCUT2D eigenvalue weighted by atomic mass is 10.0. The Kier molecular flexibility index (Phi) is 10.7. The van der Waals surface area contributed by atoms with Crippen LogP contribution in [-0.2, 0) is 16.1 Å². The number of rotatable bonds is 11. The van der Waals surface area contributed by atoms with E-state index in [1.165, 1.54) is 12.8 Å². The van der Waals surface area contributed by atoms with Gasteiger partial charge in [0.15, 0.2) is 11.5 Å². The Balaban J connectivity index is 1.99. The lowest BCUT2D eigenvalue weighted by Crippen LogP contribution is -2.46. The number of nitrogens with zero attached hydrogens (tertiary/aromatic N) is 1. The summed E-state index contributed by atoms with van der Waals surface area (Å²) in [7, 11) is 1.57. The molecule has 1 aliphatic rings. The maximum Gasteiger partial charge on any atom is 0.247 e. The highest BCUT2D eigenvalue weighted by atomic mass is 35.5. The Labute approximate surface area is 213 Å². The fourth-order valence-corrected chi connectivity index (χ4v) is 4.70. The SMILES string of the molecule is CCCOc1ccc(C(C(=O)NC2CCCCCC2)N(Cc2ccccc2)C(=O)CCl)cc1OC. The maximum atomic E-state index is 13.8. The molecule has 0 aliphatic heterocycles. The first-order valence-corrected chi connectivity index (χ1v) is 13.1. The van der Waals surface area contributed by atoms with E-state index >= 15 is 0 Å². The maximum absolute atomic E-state index is 13.8. The smallest absolute Gasteiger partial charge is 0.247 e. The van der Waals surface area contributed by atoms with Crippen LogP contribution in [0.15, 0.2) is 48.5 Å². The van der Waals surface area contributed by atoms with Crippen molar-refractivity contribution in [1.29, 1.82) is 0 Å². The van der Waals surface area contributed by atoms with E-state index in [4.69, 9.17) is 21.1 Å². The molecule has 35 heavy (non-hydrogen) atoms. The van der Waals surface area contributed by atoms with Crippen LogP contribution in [0.5, 0.6) is 11.5 Å². The molecule has 1 fully saturated rings. The number of nitrogens with one attached hydrogen (secondary N) is 1. The van der Waals surface area contributed by atoms with Crippen LogP contribution in [0.4, 0.5) is 0 Å². The molecule has 2 aromatic carbocycles. The first-order valence-electron chi connectivity index (χ1n) is 12.6. The Hall–Kier alpha value is -2.73. The Morgan fingerprint density at radius 1 is 1.06 bits per heavy atom. The lowest BCUT2D eigenvalue weighted by molar-refractivity contribution is -0.140. The molecular formula is C28H37ClN2O4. The number of hydrogen-bond donors (Lipinski definition) is 1. The summed E-state index contributed by atoms with van der Waals surface area (Å²) in [5, 5.41) is 3.24. The molecule has 0 radical (unpaired) electrons. The molecule has 0 aromatic heterocycles. The van der Waals surface area contributed by atoms with Crippen LogP contribution in [0.2, 0.25) is 0 Å². The van der Waals surface area contributed by atoms with E-state index in [9.17, 15) is 9.59 Å². The zero-order valence-corrected chi connectivity index (χ0v) is 21.6. The molecule has 0 bridgehead atoms. The van der Waals surface area contributed by atoms with Crippen LogP contribution in [0.1, 0.15) is 69.0 Å². The summed E-state index contributed by atoms with van der Waals surface area (Å²) in [6, 6.07) is 14.3. The zero-order valence-electron chi connectivity index (χ0n) is 20.8. The van der Waals surface area contributed by atoms with Gasteiger partial charge < -0.3 is 19.7 Å². The molecule has 0 spiro atoms. The summed E-state index contributed by atoms with van der Waals surface area (Å²) in [6.07, 6.45) is 7.35. The van der Waals surface area contributed by atoms with Gasteiger partial charge in [0.2, 0.25) is 11.8 Å². The summed E-state index contributed by atoms with van der Waals surface area (Å²) >= 11 is 6.04. The minimum absolute atomic E-state index is 0.103. The van der Waals surface area contributed by atoms with Gasteiger partial charge in [-0.15, -0.1) is 11.6 Å². The molecule has 6 nitrogen and oxygen atoms in total. The predicted molar refractivity (Wildman–Crippen MR) is 139 cm³/mol. The number of carbonyl (C=O) groups excluding carboxylic acids is 2. The van der Waals surface area contributed by atoms with E-state index in [0.717, 1.165) is 37.7 Å². The van der Waals surface area contributed by atoms with Crippen LogP contribution in [0.3, 0.4) is 0 Å². The van der Waals surface area contributed by atoms with Gasteiger partial charge in [0.25, 0.3) is 0 Å². The topological polar surface area (TPSA) is 67.9 Å². The highest BCUT2D eigenvalue weighted by molar-refractivity contribution is 6.27. The monoisotopic (exact) mass is 500 g/mol. The predicted octanol–water partition coefficient (Wildman–Crippen LogP) is 5.63. The highest BCUT2D eigenvalue weighted by Crippen LogP contribution is 2.34. The van der Waals surface area contributed by atoms with Crippen molar-refractivity contribution in [3.05, 3.63) is 59.7 Å². The van der Waals surface area contributed by atoms with Crippen LogP contribution in [0, 0.1) is 0 Å². The molecule has 190 valence electrons. The summed E-state index contributed by atoms with van der Waals surface area (Å²) in [5.74, 6) is 0.424. The summed E-state index contributed by atoms with van der Waals surface area (Å²) in [6.45, 7) is 2.87. The Morgan fingerprint density at radius 3 is 2.40 bits per heavy atom. The van der Waals surface area contributed by atoms with Crippen molar-refractivity contribution in [1.82, 2.24) is 10.2 Å². The van der Waals surface area contributed by atoms with E-state index < -0.39 is 6.04 Å². The van der Waals surface area contributed by atoms with Gasteiger partial charge >= 0.3 is 0 Å². The van der Waals surface area contributed by atoms with Crippen molar-refractivity contribution in [2.45, 2.75) is 70.5 Å². The molecule has 1 unspecified atom stereocenters. The van der Waals surface area contributed by atoms with Crippen molar-refractivity contribution >= 4 is 23.4 Å². The molecule has 2 aromatic rings. The minimum Gasteiger partial charge on any atom is -0.493 e. The zero-order chi connectivity index (χ0) is 25.0. The highest BCUT2D eigenvalue weighted by Gasteiger charge is 2.33. The largest absolute Gasteiger partial charge is 0.493 e. The Morgan fingerprint density at radius 2 is 1.77 bits per heavy atom. The van der Waals surface area contributed by atoms with Gasteiger partial charge in [0.1, 0.15) is 11.9 Å². The van der Waals surface area contributed by atoms with Crippen molar-refractivity contribution < 1.29 is 19.1 Å². The van der Waals surface area contributed by atoms with Crippen LogP contribution in [0.25, 0.3) is 0 Å². The molecule has 7 heteroatoms. The van der Waals surface area contributed by atoms with Crippen molar-refractivity contribution in [2.75, 3.05) is 19.6 Å². The van der Waals surface area contributed by atoms with Crippen LogP contribution < -0.4 is 14.8 Å². The van der Waals surface area contributed by atoms with Crippen molar-refractivity contribution in [3.8, 4) is 11.5 Å². The number of hydrogen-bond acceptors (Lipinski definition) is 4. The van der Waals surface area contributed by atoms with Gasteiger partial charge in [-0.3, -0.25) is 9.59 Å². The second kappa shape index (κ2) is 14.0. The molecule has 0 saturated heterocycles. The first-order chi connectivity index (χ1) is 17.1. The number of ether oxygens (including phenoxy) is 2. The number of amides is 2. The van der Waals surface area contributed by atoms with E-state index in [2.05, 4.69) is 5.32 Å². The van der Waals surface area contributed by atoms with Crippen molar-refractivity contribution in [2.24, 2.45) is 0 Å². The minimum atomic E-state index is -0.848. The van der Waals surface area contributed by atoms with E-state index in [-0.39, 0.29) is 30.3 Å². The van der Waals surface area contributed by atoms with Gasteiger partial charge in [0.05, 0.1) is 13.7 Å². The number of halogens is 1. The molecule has 2 amide bonds. The quantitative estimate of drug-likeness (QED) is 0.320.